The van der Waals surface area contributed by atoms with E-state index in [0.717, 1.165) is 26.9 Å². The maximum absolute atomic E-state index is 13.6. The number of urea groups is 1. The molecule has 1 fully saturated rings. The van der Waals surface area contributed by atoms with Gasteiger partial charge in [0.25, 0.3) is 11.8 Å². The van der Waals surface area contributed by atoms with Gasteiger partial charge in [-0.1, -0.05) is 60.1 Å². The lowest BCUT2D eigenvalue weighted by atomic mass is 10.0. The van der Waals surface area contributed by atoms with Gasteiger partial charge >= 0.3 is 6.03 Å². The third-order valence-corrected chi connectivity index (χ3v) is 6.46. The number of benzene rings is 3. The first-order valence-electron chi connectivity index (χ1n) is 11.4. The molecule has 3 aromatic carbocycles. The number of hydrogen-bond acceptors (Lipinski definition) is 3. The van der Waals surface area contributed by atoms with E-state index in [2.05, 4.69) is 0 Å². The normalized spacial score (nSPS) is 14.0. The van der Waals surface area contributed by atoms with Gasteiger partial charge in [0, 0.05) is 11.4 Å². The summed E-state index contributed by atoms with van der Waals surface area (Å²) in [4.78, 5) is 42.8. The van der Waals surface area contributed by atoms with Crippen molar-refractivity contribution in [3.05, 3.63) is 119 Å². The van der Waals surface area contributed by atoms with Crippen LogP contribution in [0.5, 0.6) is 0 Å². The molecule has 36 heavy (non-hydrogen) atoms. The number of halogens is 1. The fourth-order valence-electron chi connectivity index (χ4n) is 4.43. The standard InChI is InChI=1S/C29H22ClN3O3/c1-19-17-21(20(2)31(19)26-16-10-9-15-25(26)30)18-24-27(34)32(22-11-5-3-6-12-22)29(36)33(28(24)35)23-13-7-4-8-14-23/h3-18H,1-2H3. The van der Waals surface area contributed by atoms with Gasteiger partial charge in [0.2, 0.25) is 0 Å². The zero-order chi connectivity index (χ0) is 25.4. The molecular weight excluding hydrogens is 474 g/mol. The van der Waals surface area contributed by atoms with Crippen LogP contribution in [-0.2, 0) is 9.59 Å². The van der Waals surface area contributed by atoms with Crippen LogP contribution in [0.15, 0.2) is 96.6 Å². The van der Waals surface area contributed by atoms with Gasteiger partial charge in [-0.05, 0) is 68.0 Å². The summed E-state index contributed by atoms with van der Waals surface area (Å²) in [6.07, 6.45) is 1.55. The third kappa shape index (κ3) is 3.91. The molecule has 1 aromatic heterocycles. The highest BCUT2D eigenvalue weighted by Crippen LogP contribution is 2.32. The second kappa shape index (κ2) is 9.32. The number of rotatable bonds is 4. The molecule has 0 bridgehead atoms. The zero-order valence-electron chi connectivity index (χ0n) is 19.7. The number of carbonyl (C=O) groups excluding carboxylic acids is 3. The molecule has 4 amide bonds. The van der Waals surface area contributed by atoms with Gasteiger partial charge in [0.15, 0.2) is 0 Å². The molecule has 0 aliphatic carbocycles. The predicted molar refractivity (Wildman–Crippen MR) is 141 cm³/mol. The Morgan fingerprint density at radius 2 is 1.19 bits per heavy atom. The summed E-state index contributed by atoms with van der Waals surface area (Å²) in [7, 11) is 0. The van der Waals surface area contributed by atoms with Crippen LogP contribution in [0.2, 0.25) is 5.02 Å². The molecule has 178 valence electrons. The summed E-state index contributed by atoms with van der Waals surface area (Å²) in [5.41, 5.74) is 3.83. The van der Waals surface area contributed by atoms with Gasteiger partial charge in [-0.2, -0.15) is 0 Å². The zero-order valence-corrected chi connectivity index (χ0v) is 20.4. The fraction of sp³-hybridized carbons (Fsp3) is 0.0690. The Morgan fingerprint density at radius 1 is 0.694 bits per heavy atom. The number of amides is 4. The number of para-hydroxylation sites is 3. The summed E-state index contributed by atoms with van der Waals surface area (Å²) < 4.78 is 1.97. The summed E-state index contributed by atoms with van der Waals surface area (Å²) >= 11 is 6.44. The van der Waals surface area contributed by atoms with E-state index in [1.54, 1.807) is 66.7 Å². The minimum absolute atomic E-state index is 0.110. The monoisotopic (exact) mass is 495 g/mol. The second-order valence-corrected chi connectivity index (χ2v) is 8.81. The van der Waals surface area contributed by atoms with E-state index in [9.17, 15) is 14.4 Å². The number of anilines is 2. The van der Waals surface area contributed by atoms with Gasteiger partial charge in [0.05, 0.1) is 22.1 Å². The molecule has 0 N–H and O–H groups in total. The molecule has 1 aliphatic rings. The van der Waals surface area contributed by atoms with Crippen LogP contribution in [-0.4, -0.2) is 22.4 Å². The number of nitrogens with zero attached hydrogens (tertiary/aromatic N) is 3. The molecule has 0 saturated carbocycles. The first-order chi connectivity index (χ1) is 17.4. The van der Waals surface area contributed by atoms with Crippen molar-refractivity contribution in [3.8, 4) is 5.69 Å². The molecule has 7 heteroatoms. The van der Waals surface area contributed by atoms with Crippen molar-refractivity contribution in [1.29, 1.82) is 0 Å². The molecule has 2 heterocycles. The van der Waals surface area contributed by atoms with Crippen LogP contribution < -0.4 is 9.80 Å². The van der Waals surface area contributed by atoms with Crippen molar-refractivity contribution in [1.82, 2.24) is 4.57 Å². The number of imide groups is 2. The van der Waals surface area contributed by atoms with Crippen molar-refractivity contribution in [2.45, 2.75) is 13.8 Å². The smallest absolute Gasteiger partial charge is 0.316 e. The van der Waals surface area contributed by atoms with Crippen LogP contribution in [0.25, 0.3) is 11.8 Å². The van der Waals surface area contributed by atoms with Gasteiger partial charge in [-0.15, -0.1) is 0 Å². The summed E-state index contributed by atoms with van der Waals surface area (Å²) in [5.74, 6) is -1.35. The van der Waals surface area contributed by atoms with E-state index in [1.807, 2.05) is 48.7 Å². The molecule has 0 unspecified atom stereocenters. The summed E-state index contributed by atoms with van der Waals surface area (Å²) in [6.45, 7) is 3.83. The van der Waals surface area contributed by atoms with Crippen LogP contribution in [0.4, 0.5) is 16.2 Å². The van der Waals surface area contributed by atoms with Crippen LogP contribution >= 0.6 is 11.6 Å². The van der Waals surface area contributed by atoms with E-state index >= 15 is 0 Å². The molecule has 1 saturated heterocycles. The van der Waals surface area contributed by atoms with Crippen LogP contribution in [0.3, 0.4) is 0 Å². The quantitative estimate of drug-likeness (QED) is 0.245. The van der Waals surface area contributed by atoms with E-state index in [4.69, 9.17) is 11.6 Å². The topological polar surface area (TPSA) is 62.6 Å². The molecule has 0 radical (unpaired) electrons. The largest absolute Gasteiger partial charge is 0.343 e. The molecule has 1 aliphatic heterocycles. The highest BCUT2D eigenvalue weighted by Gasteiger charge is 2.43. The predicted octanol–water partition coefficient (Wildman–Crippen LogP) is 6.33. The molecule has 0 spiro atoms. The van der Waals surface area contributed by atoms with Crippen molar-refractivity contribution >= 4 is 46.9 Å². The van der Waals surface area contributed by atoms with Gasteiger partial charge in [0.1, 0.15) is 5.57 Å². The minimum Gasteiger partial charge on any atom is -0.316 e. The van der Waals surface area contributed by atoms with Crippen molar-refractivity contribution in [2.24, 2.45) is 0 Å². The van der Waals surface area contributed by atoms with E-state index in [1.165, 1.54) is 0 Å². The Labute approximate surface area is 213 Å². The number of carbonyl (C=O) groups is 3. The lowest BCUT2D eigenvalue weighted by Crippen LogP contribution is -2.57. The second-order valence-electron chi connectivity index (χ2n) is 8.41. The van der Waals surface area contributed by atoms with Gasteiger partial charge < -0.3 is 4.57 Å². The minimum atomic E-state index is -0.721. The summed E-state index contributed by atoms with van der Waals surface area (Å²) in [6, 6.07) is 25.8. The number of barbiturate groups is 1. The van der Waals surface area contributed by atoms with Gasteiger partial charge in [-0.3, -0.25) is 9.59 Å². The molecular formula is C29H22ClN3O3. The lowest BCUT2D eigenvalue weighted by molar-refractivity contribution is -0.121. The third-order valence-electron chi connectivity index (χ3n) is 6.14. The van der Waals surface area contributed by atoms with E-state index in [0.29, 0.717) is 22.0 Å². The average Bonchev–Trinajstić information content (AvgIpc) is 3.16. The maximum atomic E-state index is 13.6. The van der Waals surface area contributed by atoms with Crippen LogP contribution in [0, 0.1) is 13.8 Å². The number of aromatic nitrogens is 1. The Morgan fingerprint density at radius 3 is 1.72 bits per heavy atom. The fourth-order valence-corrected chi connectivity index (χ4v) is 4.65. The summed E-state index contributed by atoms with van der Waals surface area (Å²) in [5, 5.41) is 0.583. The van der Waals surface area contributed by atoms with Crippen molar-refractivity contribution in [3.63, 3.8) is 0 Å². The van der Waals surface area contributed by atoms with Gasteiger partial charge in [-0.25, -0.2) is 14.6 Å². The van der Waals surface area contributed by atoms with Crippen molar-refractivity contribution < 1.29 is 14.4 Å². The Hall–Kier alpha value is -4.42. The highest BCUT2D eigenvalue weighted by atomic mass is 35.5. The number of hydrogen-bond donors (Lipinski definition) is 0. The first kappa shape index (κ1) is 23.3. The Balaban J connectivity index is 1.67. The SMILES string of the molecule is Cc1cc(C=C2C(=O)N(c3ccccc3)C(=O)N(c3ccccc3)C2=O)c(C)n1-c1ccccc1Cl. The van der Waals surface area contributed by atoms with Crippen LogP contribution in [0.1, 0.15) is 17.0 Å². The van der Waals surface area contributed by atoms with Crippen molar-refractivity contribution in [2.75, 3.05) is 9.80 Å². The highest BCUT2D eigenvalue weighted by molar-refractivity contribution is 6.46. The van der Waals surface area contributed by atoms with E-state index in [-0.39, 0.29) is 5.57 Å². The maximum Gasteiger partial charge on any atom is 0.343 e. The Kier molecular flexibility index (Phi) is 6.04. The Bertz CT molecular complexity index is 1460. The first-order valence-corrected chi connectivity index (χ1v) is 11.7. The molecule has 4 aromatic rings. The lowest BCUT2D eigenvalue weighted by Gasteiger charge is -2.33. The molecule has 6 nitrogen and oxygen atoms in total. The van der Waals surface area contributed by atoms with E-state index < -0.39 is 17.8 Å². The molecule has 0 atom stereocenters. The number of aryl methyl sites for hydroxylation is 1. The average molecular weight is 496 g/mol. The molecule has 5 rings (SSSR count).